The van der Waals surface area contributed by atoms with Crippen LogP contribution < -0.4 is 4.74 Å². The molecule has 2 rings (SSSR count). The molecule has 1 aromatic rings. The summed E-state index contributed by atoms with van der Waals surface area (Å²) in [5, 5.41) is 0. The van der Waals surface area contributed by atoms with E-state index in [1.54, 1.807) is 7.11 Å². The summed E-state index contributed by atoms with van der Waals surface area (Å²) in [6, 6.07) is 6.38. The number of hydrogen-bond donors (Lipinski definition) is 0. The van der Waals surface area contributed by atoms with Crippen molar-refractivity contribution >= 4 is 15.9 Å². The van der Waals surface area contributed by atoms with Crippen LogP contribution in [0.25, 0.3) is 0 Å². The van der Waals surface area contributed by atoms with E-state index in [4.69, 9.17) is 4.74 Å². The lowest BCUT2D eigenvalue weighted by molar-refractivity contribution is 0.152. The monoisotopic (exact) mass is 325 g/mol. The second-order valence-electron chi connectivity index (χ2n) is 5.83. The van der Waals surface area contributed by atoms with Gasteiger partial charge in [0.15, 0.2) is 0 Å². The highest BCUT2D eigenvalue weighted by molar-refractivity contribution is 9.10. The van der Waals surface area contributed by atoms with Crippen LogP contribution in [0.2, 0.25) is 0 Å². The van der Waals surface area contributed by atoms with Crippen LogP contribution in [0.5, 0.6) is 5.75 Å². The van der Waals surface area contributed by atoms with E-state index in [-0.39, 0.29) is 0 Å². The molecule has 2 nitrogen and oxygen atoms in total. The third-order valence-corrected chi connectivity index (χ3v) is 4.82. The zero-order chi connectivity index (χ0) is 13.8. The molecule has 0 aromatic heterocycles. The van der Waals surface area contributed by atoms with Crippen LogP contribution in [0.3, 0.4) is 0 Å². The first-order valence-electron chi connectivity index (χ1n) is 7.15. The second kappa shape index (κ2) is 6.76. The Kier molecular flexibility index (Phi) is 5.28. The lowest BCUT2D eigenvalue weighted by Gasteiger charge is -2.33. The van der Waals surface area contributed by atoms with Crippen LogP contribution in [0.4, 0.5) is 0 Å². The molecule has 19 heavy (non-hydrogen) atoms. The van der Waals surface area contributed by atoms with Gasteiger partial charge in [0.05, 0.1) is 11.6 Å². The van der Waals surface area contributed by atoms with Gasteiger partial charge in [-0.2, -0.15) is 0 Å². The molecular formula is C16H24BrNO. The molecule has 106 valence electrons. The summed E-state index contributed by atoms with van der Waals surface area (Å²) in [4.78, 5) is 2.56. The molecule has 0 saturated carbocycles. The Morgan fingerprint density at radius 2 is 2.00 bits per heavy atom. The number of nitrogens with zero attached hydrogens (tertiary/aromatic N) is 1. The molecule has 0 bridgehead atoms. The summed E-state index contributed by atoms with van der Waals surface area (Å²) < 4.78 is 6.32. The molecule has 1 aromatic carbocycles. The number of halogens is 1. The third kappa shape index (κ3) is 3.96. The van der Waals surface area contributed by atoms with Crippen molar-refractivity contribution in [1.29, 1.82) is 0 Å². The molecule has 0 aliphatic carbocycles. The van der Waals surface area contributed by atoms with Crippen molar-refractivity contribution in [1.82, 2.24) is 4.90 Å². The number of piperidine rings is 1. The summed E-state index contributed by atoms with van der Waals surface area (Å²) in [5.41, 5.74) is 1.36. The largest absolute Gasteiger partial charge is 0.496 e. The molecule has 1 aliphatic rings. The van der Waals surface area contributed by atoms with Gasteiger partial charge >= 0.3 is 0 Å². The molecule has 0 N–H and O–H groups in total. The maximum Gasteiger partial charge on any atom is 0.133 e. The quantitative estimate of drug-likeness (QED) is 0.817. The first kappa shape index (κ1) is 14.9. The summed E-state index contributed by atoms with van der Waals surface area (Å²) in [7, 11) is 1.70. The summed E-state index contributed by atoms with van der Waals surface area (Å²) in [6.07, 6.45) is 2.68. The van der Waals surface area contributed by atoms with Gasteiger partial charge in [-0.15, -0.1) is 0 Å². The van der Waals surface area contributed by atoms with Gasteiger partial charge in [0, 0.05) is 6.54 Å². The summed E-state index contributed by atoms with van der Waals surface area (Å²) in [6.45, 7) is 8.20. The average molecular weight is 326 g/mol. The summed E-state index contributed by atoms with van der Waals surface area (Å²) in [5.74, 6) is 2.65. The first-order valence-corrected chi connectivity index (χ1v) is 7.94. The van der Waals surface area contributed by atoms with Crippen molar-refractivity contribution in [2.45, 2.75) is 33.2 Å². The van der Waals surface area contributed by atoms with Crippen LogP contribution in [-0.2, 0) is 6.54 Å². The van der Waals surface area contributed by atoms with Gasteiger partial charge in [0.2, 0.25) is 0 Å². The molecule has 1 aliphatic heterocycles. The predicted octanol–water partition coefficient (Wildman–Crippen LogP) is 4.33. The van der Waals surface area contributed by atoms with E-state index in [1.807, 2.05) is 6.07 Å². The maximum atomic E-state index is 5.27. The smallest absolute Gasteiger partial charge is 0.133 e. The summed E-state index contributed by atoms with van der Waals surface area (Å²) >= 11 is 3.56. The van der Waals surface area contributed by atoms with Crippen molar-refractivity contribution < 1.29 is 4.74 Å². The molecule has 3 heteroatoms. The van der Waals surface area contributed by atoms with E-state index >= 15 is 0 Å². The normalized spacial score (nSPS) is 17.9. The van der Waals surface area contributed by atoms with Crippen LogP contribution in [-0.4, -0.2) is 25.1 Å². The molecule has 0 radical (unpaired) electrons. The van der Waals surface area contributed by atoms with Crippen LogP contribution in [0.1, 0.15) is 32.3 Å². The van der Waals surface area contributed by atoms with E-state index in [1.165, 1.54) is 31.5 Å². The lowest BCUT2D eigenvalue weighted by Crippen LogP contribution is -2.34. The SMILES string of the molecule is COc1ccc(CN2CCC(C(C)C)CC2)cc1Br. The van der Waals surface area contributed by atoms with Gasteiger partial charge < -0.3 is 4.74 Å². The molecular weight excluding hydrogens is 302 g/mol. The Morgan fingerprint density at radius 1 is 1.32 bits per heavy atom. The number of hydrogen-bond acceptors (Lipinski definition) is 2. The molecule has 1 heterocycles. The van der Waals surface area contributed by atoms with E-state index in [2.05, 4.69) is 46.8 Å². The van der Waals surface area contributed by atoms with E-state index in [9.17, 15) is 0 Å². The fourth-order valence-electron chi connectivity index (χ4n) is 2.84. The van der Waals surface area contributed by atoms with Crippen LogP contribution in [0.15, 0.2) is 22.7 Å². The van der Waals surface area contributed by atoms with Gasteiger partial charge in [-0.05, 0) is 71.4 Å². The fourth-order valence-corrected chi connectivity index (χ4v) is 3.43. The van der Waals surface area contributed by atoms with E-state index in [0.29, 0.717) is 0 Å². The molecule has 1 saturated heterocycles. The van der Waals surface area contributed by atoms with E-state index in [0.717, 1.165) is 28.6 Å². The highest BCUT2D eigenvalue weighted by Gasteiger charge is 2.21. The molecule has 0 amide bonds. The fraction of sp³-hybridized carbons (Fsp3) is 0.625. The van der Waals surface area contributed by atoms with E-state index < -0.39 is 0 Å². The number of likely N-dealkylation sites (tertiary alicyclic amines) is 1. The Labute approximate surface area is 125 Å². The minimum atomic E-state index is 0.831. The van der Waals surface area contributed by atoms with Crippen LogP contribution >= 0.6 is 15.9 Å². The minimum Gasteiger partial charge on any atom is -0.496 e. The van der Waals surface area contributed by atoms with Crippen LogP contribution in [0, 0.1) is 11.8 Å². The number of benzene rings is 1. The number of rotatable bonds is 4. The van der Waals surface area contributed by atoms with Crippen molar-refractivity contribution in [2.75, 3.05) is 20.2 Å². The Balaban J connectivity index is 1.90. The van der Waals surface area contributed by atoms with Gasteiger partial charge in [0.1, 0.15) is 5.75 Å². The number of ether oxygens (including phenoxy) is 1. The first-order chi connectivity index (χ1) is 9.10. The van der Waals surface area contributed by atoms with Gasteiger partial charge in [0.25, 0.3) is 0 Å². The Bertz CT molecular complexity index is 411. The zero-order valence-corrected chi connectivity index (χ0v) is 13.7. The minimum absolute atomic E-state index is 0.831. The molecule has 1 fully saturated rings. The zero-order valence-electron chi connectivity index (χ0n) is 12.2. The molecule has 0 atom stereocenters. The highest BCUT2D eigenvalue weighted by atomic mass is 79.9. The Morgan fingerprint density at radius 3 is 2.53 bits per heavy atom. The standard InChI is InChI=1S/C16H24BrNO/c1-12(2)14-6-8-18(9-7-14)11-13-4-5-16(19-3)15(17)10-13/h4-5,10,12,14H,6-9,11H2,1-3H3. The molecule has 0 unspecified atom stereocenters. The Hall–Kier alpha value is -0.540. The highest BCUT2D eigenvalue weighted by Crippen LogP contribution is 2.28. The van der Waals surface area contributed by atoms with Crippen molar-refractivity contribution in [3.05, 3.63) is 28.2 Å². The molecule has 0 spiro atoms. The van der Waals surface area contributed by atoms with Gasteiger partial charge in [-0.1, -0.05) is 19.9 Å². The topological polar surface area (TPSA) is 12.5 Å². The van der Waals surface area contributed by atoms with Crippen molar-refractivity contribution in [2.24, 2.45) is 11.8 Å². The van der Waals surface area contributed by atoms with Gasteiger partial charge in [-0.25, -0.2) is 0 Å². The number of methoxy groups -OCH3 is 1. The van der Waals surface area contributed by atoms with Crippen molar-refractivity contribution in [3.63, 3.8) is 0 Å². The maximum absolute atomic E-state index is 5.27. The predicted molar refractivity (Wildman–Crippen MR) is 83.5 cm³/mol. The van der Waals surface area contributed by atoms with Gasteiger partial charge in [-0.3, -0.25) is 4.90 Å². The lowest BCUT2D eigenvalue weighted by atomic mass is 9.86. The second-order valence-corrected chi connectivity index (χ2v) is 6.68. The third-order valence-electron chi connectivity index (χ3n) is 4.20. The van der Waals surface area contributed by atoms with Crippen molar-refractivity contribution in [3.8, 4) is 5.75 Å². The average Bonchev–Trinajstić information content (AvgIpc) is 2.39.